The lowest BCUT2D eigenvalue weighted by atomic mass is 10.0. The third kappa shape index (κ3) is 5.33. The molecule has 0 bridgehead atoms. The van der Waals surface area contributed by atoms with Crippen LogP contribution in [0.5, 0.6) is 0 Å². The Morgan fingerprint density at radius 2 is 1.74 bits per heavy atom. The first-order valence-electron chi connectivity index (χ1n) is 7.20. The fourth-order valence-corrected chi connectivity index (χ4v) is 3.22. The van der Waals surface area contributed by atoms with E-state index in [0.717, 1.165) is 0 Å². The number of aliphatic carboxylic acids is 1. The highest BCUT2D eigenvalue weighted by molar-refractivity contribution is 7.89. The molecule has 0 spiro atoms. The molecule has 1 amide bonds. The van der Waals surface area contributed by atoms with Crippen LogP contribution < -0.4 is 10.0 Å². The van der Waals surface area contributed by atoms with Gasteiger partial charge in [-0.15, -0.1) is 0 Å². The molecule has 128 valence electrons. The van der Waals surface area contributed by atoms with E-state index >= 15 is 0 Å². The topological polar surface area (TPSA) is 113 Å². The zero-order valence-corrected chi connectivity index (χ0v) is 14.3. The number of hydrogen-bond acceptors (Lipinski definition) is 4. The number of carboxylic acid groups (broad SMARTS) is 1. The van der Waals surface area contributed by atoms with E-state index in [2.05, 4.69) is 10.0 Å². The highest BCUT2D eigenvalue weighted by Gasteiger charge is 2.24. The summed E-state index contributed by atoms with van der Waals surface area (Å²) in [7, 11) is -3.72. The number of benzene rings is 1. The van der Waals surface area contributed by atoms with Crippen LogP contribution in [0, 0.1) is 5.92 Å². The number of carbonyl (C=O) groups excluding carboxylic acids is 1. The van der Waals surface area contributed by atoms with Crippen molar-refractivity contribution < 1.29 is 23.1 Å². The predicted octanol–water partition coefficient (Wildman–Crippen LogP) is 1.21. The molecule has 1 atom stereocenters. The summed E-state index contributed by atoms with van der Waals surface area (Å²) in [6.07, 6.45) is 0. The molecule has 1 aromatic rings. The Kier molecular flexibility index (Phi) is 6.28. The molecule has 23 heavy (non-hydrogen) atoms. The molecule has 8 heteroatoms. The average Bonchev–Trinajstić information content (AvgIpc) is 2.42. The molecule has 1 aromatic carbocycles. The Bertz CT molecular complexity index is 683. The first-order valence-corrected chi connectivity index (χ1v) is 8.69. The number of sulfonamides is 1. The van der Waals surface area contributed by atoms with Gasteiger partial charge in [0.25, 0.3) is 5.91 Å². The van der Waals surface area contributed by atoms with Crippen molar-refractivity contribution in [2.75, 3.05) is 0 Å². The van der Waals surface area contributed by atoms with Gasteiger partial charge in [0.15, 0.2) is 0 Å². The van der Waals surface area contributed by atoms with E-state index in [0.29, 0.717) is 0 Å². The van der Waals surface area contributed by atoms with Crippen LogP contribution in [0.2, 0.25) is 0 Å². The summed E-state index contributed by atoms with van der Waals surface area (Å²) in [5, 5.41) is 11.5. The van der Waals surface area contributed by atoms with E-state index < -0.39 is 27.9 Å². The van der Waals surface area contributed by atoms with Crippen LogP contribution in [0.1, 0.15) is 38.1 Å². The minimum Gasteiger partial charge on any atom is -0.480 e. The molecule has 0 unspecified atom stereocenters. The monoisotopic (exact) mass is 342 g/mol. The number of hydrogen-bond donors (Lipinski definition) is 3. The lowest BCUT2D eigenvalue weighted by Crippen LogP contribution is -2.44. The summed E-state index contributed by atoms with van der Waals surface area (Å²) < 4.78 is 26.7. The molecule has 0 aliphatic carbocycles. The van der Waals surface area contributed by atoms with Gasteiger partial charge in [0.05, 0.1) is 4.90 Å². The Morgan fingerprint density at radius 1 is 1.13 bits per heavy atom. The quantitative estimate of drug-likeness (QED) is 0.689. The van der Waals surface area contributed by atoms with Crippen LogP contribution in [0.3, 0.4) is 0 Å². The van der Waals surface area contributed by atoms with Gasteiger partial charge < -0.3 is 10.4 Å². The second-order valence-corrected chi connectivity index (χ2v) is 7.55. The lowest BCUT2D eigenvalue weighted by Gasteiger charge is -2.18. The molecule has 0 aliphatic heterocycles. The van der Waals surface area contributed by atoms with Crippen molar-refractivity contribution in [3.8, 4) is 0 Å². The van der Waals surface area contributed by atoms with Gasteiger partial charge in [0, 0.05) is 11.6 Å². The predicted molar refractivity (Wildman–Crippen MR) is 85.6 cm³/mol. The smallest absolute Gasteiger partial charge is 0.326 e. The number of nitrogens with one attached hydrogen (secondary N) is 2. The molecular weight excluding hydrogens is 320 g/mol. The van der Waals surface area contributed by atoms with Crippen LogP contribution in [0.15, 0.2) is 29.2 Å². The Morgan fingerprint density at radius 3 is 2.22 bits per heavy atom. The molecule has 0 saturated carbocycles. The summed E-state index contributed by atoms with van der Waals surface area (Å²) >= 11 is 0. The highest BCUT2D eigenvalue weighted by Crippen LogP contribution is 2.13. The fourth-order valence-electron chi connectivity index (χ4n) is 1.92. The van der Waals surface area contributed by atoms with Gasteiger partial charge in [0.1, 0.15) is 6.04 Å². The Balaban J connectivity index is 3.05. The molecule has 0 aromatic heterocycles. The maximum absolute atomic E-state index is 12.2. The minimum atomic E-state index is -3.72. The van der Waals surface area contributed by atoms with E-state index in [4.69, 9.17) is 5.11 Å². The lowest BCUT2D eigenvalue weighted by molar-refractivity contribution is -0.140. The third-order valence-electron chi connectivity index (χ3n) is 3.02. The van der Waals surface area contributed by atoms with Crippen molar-refractivity contribution >= 4 is 21.9 Å². The molecule has 0 saturated heterocycles. The minimum absolute atomic E-state index is 0.0460. The van der Waals surface area contributed by atoms with Crippen LogP contribution in [0.25, 0.3) is 0 Å². The first-order chi connectivity index (χ1) is 10.5. The van der Waals surface area contributed by atoms with Gasteiger partial charge in [-0.2, -0.15) is 0 Å². The van der Waals surface area contributed by atoms with Crippen molar-refractivity contribution in [3.05, 3.63) is 29.8 Å². The van der Waals surface area contributed by atoms with Crippen LogP contribution in [0.4, 0.5) is 0 Å². The SMILES string of the molecule is CC(C)NS(=O)(=O)c1cccc(C(=O)N[C@@H](C(=O)O)C(C)C)c1. The normalized spacial score (nSPS) is 13.1. The summed E-state index contributed by atoms with van der Waals surface area (Å²) in [6, 6.07) is 4.14. The van der Waals surface area contributed by atoms with Crippen molar-refractivity contribution in [1.82, 2.24) is 10.0 Å². The number of carbonyl (C=O) groups is 2. The van der Waals surface area contributed by atoms with Gasteiger partial charge in [-0.25, -0.2) is 17.9 Å². The fraction of sp³-hybridized carbons (Fsp3) is 0.467. The average molecular weight is 342 g/mol. The summed E-state index contributed by atoms with van der Waals surface area (Å²) in [4.78, 5) is 23.3. The molecule has 7 nitrogen and oxygen atoms in total. The van der Waals surface area contributed by atoms with E-state index in [9.17, 15) is 18.0 Å². The zero-order chi connectivity index (χ0) is 17.8. The molecule has 0 radical (unpaired) electrons. The van der Waals surface area contributed by atoms with Gasteiger partial charge in [-0.1, -0.05) is 19.9 Å². The number of rotatable bonds is 7. The standard InChI is InChI=1S/C15H22N2O5S/c1-9(2)13(15(19)20)16-14(18)11-6-5-7-12(8-11)23(21,22)17-10(3)4/h5-10,13,17H,1-4H3,(H,16,18)(H,19,20)/t13-/m1/s1. The van der Waals surface area contributed by atoms with E-state index in [-0.39, 0.29) is 22.4 Å². The molecule has 1 rings (SSSR count). The van der Waals surface area contributed by atoms with Crippen molar-refractivity contribution in [2.45, 2.75) is 44.7 Å². The van der Waals surface area contributed by atoms with Crippen molar-refractivity contribution in [2.24, 2.45) is 5.92 Å². The highest BCUT2D eigenvalue weighted by atomic mass is 32.2. The van der Waals surface area contributed by atoms with Crippen LogP contribution in [-0.4, -0.2) is 37.5 Å². The van der Waals surface area contributed by atoms with Gasteiger partial charge in [0.2, 0.25) is 10.0 Å². The molecular formula is C15H22N2O5S. The second-order valence-electron chi connectivity index (χ2n) is 5.84. The van der Waals surface area contributed by atoms with E-state index in [1.165, 1.54) is 24.3 Å². The van der Waals surface area contributed by atoms with Gasteiger partial charge in [-0.3, -0.25) is 4.79 Å². The Labute approximate surface area is 136 Å². The van der Waals surface area contributed by atoms with Crippen molar-refractivity contribution in [3.63, 3.8) is 0 Å². The zero-order valence-electron chi connectivity index (χ0n) is 13.5. The van der Waals surface area contributed by atoms with Gasteiger partial charge in [-0.05, 0) is 38.0 Å². The maximum atomic E-state index is 12.2. The summed E-state index contributed by atoms with van der Waals surface area (Å²) in [5.41, 5.74) is 0.0866. The molecule has 0 fully saturated rings. The summed E-state index contributed by atoms with van der Waals surface area (Å²) in [6.45, 7) is 6.72. The van der Waals surface area contributed by atoms with Crippen molar-refractivity contribution in [1.29, 1.82) is 0 Å². The third-order valence-corrected chi connectivity index (χ3v) is 4.67. The maximum Gasteiger partial charge on any atom is 0.326 e. The van der Waals surface area contributed by atoms with Crippen LogP contribution in [-0.2, 0) is 14.8 Å². The number of amides is 1. The second kappa shape index (κ2) is 7.56. The largest absolute Gasteiger partial charge is 0.480 e. The molecule has 0 aliphatic rings. The first kappa shape index (κ1) is 19.1. The summed E-state index contributed by atoms with van der Waals surface area (Å²) in [5.74, 6) is -2.07. The molecule has 3 N–H and O–H groups in total. The Hall–Kier alpha value is -1.93. The van der Waals surface area contributed by atoms with Crippen LogP contribution >= 0.6 is 0 Å². The van der Waals surface area contributed by atoms with E-state index in [1.807, 2.05) is 0 Å². The molecule has 0 heterocycles. The number of carboxylic acids is 1. The van der Waals surface area contributed by atoms with Gasteiger partial charge >= 0.3 is 5.97 Å². The van der Waals surface area contributed by atoms with E-state index in [1.54, 1.807) is 27.7 Å².